The molecule has 0 saturated heterocycles. The van der Waals surface area contributed by atoms with Gasteiger partial charge >= 0.3 is 0 Å². The Morgan fingerprint density at radius 3 is 2.67 bits per heavy atom. The van der Waals surface area contributed by atoms with Crippen molar-refractivity contribution in [3.8, 4) is 11.1 Å². The summed E-state index contributed by atoms with van der Waals surface area (Å²) < 4.78 is 5.06. The lowest BCUT2D eigenvalue weighted by Gasteiger charge is -2.06. The number of rotatable bonds is 4. The topological polar surface area (TPSA) is 55.1 Å². The second-order valence-electron chi connectivity index (χ2n) is 4.60. The van der Waals surface area contributed by atoms with Crippen LogP contribution in [-0.4, -0.2) is 10.9 Å². The van der Waals surface area contributed by atoms with Crippen LogP contribution in [0.2, 0.25) is 0 Å². The third kappa shape index (κ3) is 3.17. The maximum absolute atomic E-state index is 11.8. The quantitative estimate of drug-likeness (QED) is 0.797. The van der Waals surface area contributed by atoms with Crippen molar-refractivity contribution in [2.45, 2.75) is 6.54 Å². The summed E-state index contributed by atoms with van der Waals surface area (Å²) in [7, 11) is 0. The molecule has 1 aromatic carbocycles. The summed E-state index contributed by atoms with van der Waals surface area (Å²) in [4.78, 5) is 15.8. The first-order chi connectivity index (χ1) is 10.3. The van der Waals surface area contributed by atoms with Crippen LogP contribution in [0.5, 0.6) is 0 Å². The van der Waals surface area contributed by atoms with E-state index in [1.807, 2.05) is 30.3 Å². The molecule has 0 aliphatic carbocycles. The lowest BCUT2D eigenvalue weighted by atomic mass is 10.0. The molecule has 0 fully saturated rings. The lowest BCUT2D eigenvalue weighted by Crippen LogP contribution is -2.22. The zero-order chi connectivity index (χ0) is 14.5. The summed E-state index contributed by atoms with van der Waals surface area (Å²) in [5.74, 6) is 0.106. The molecular formula is C17H14N2O2. The highest BCUT2D eigenvalue weighted by Crippen LogP contribution is 2.19. The van der Waals surface area contributed by atoms with E-state index < -0.39 is 0 Å². The minimum absolute atomic E-state index is 0.214. The number of amides is 1. The van der Waals surface area contributed by atoms with Gasteiger partial charge in [-0.15, -0.1) is 0 Å². The first kappa shape index (κ1) is 13.1. The van der Waals surface area contributed by atoms with Crippen molar-refractivity contribution in [1.29, 1.82) is 0 Å². The largest absolute Gasteiger partial charge is 0.459 e. The van der Waals surface area contributed by atoms with Crippen molar-refractivity contribution in [3.05, 3.63) is 78.5 Å². The fourth-order valence-electron chi connectivity index (χ4n) is 2.08. The predicted molar refractivity (Wildman–Crippen MR) is 79.6 cm³/mol. The van der Waals surface area contributed by atoms with Crippen LogP contribution in [0.4, 0.5) is 0 Å². The molecule has 3 aromatic rings. The molecule has 0 aliphatic heterocycles. The van der Waals surface area contributed by atoms with Crippen molar-refractivity contribution in [3.63, 3.8) is 0 Å². The van der Waals surface area contributed by atoms with Gasteiger partial charge in [-0.3, -0.25) is 9.78 Å². The minimum atomic E-state index is -0.214. The maximum Gasteiger partial charge on any atom is 0.287 e. The van der Waals surface area contributed by atoms with Gasteiger partial charge in [-0.05, 0) is 47.0 Å². The number of pyridine rings is 1. The molecule has 2 aromatic heterocycles. The Morgan fingerprint density at radius 1 is 1.05 bits per heavy atom. The number of hydrogen-bond acceptors (Lipinski definition) is 3. The molecule has 0 aliphatic rings. The highest BCUT2D eigenvalue weighted by atomic mass is 16.3. The molecule has 3 rings (SSSR count). The molecule has 0 unspecified atom stereocenters. The number of benzene rings is 1. The van der Waals surface area contributed by atoms with E-state index in [0.29, 0.717) is 12.3 Å². The molecule has 4 heteroatoms. The van der Waals surface area contributed by atoms with E-state index in [9.17, 15) is 4.79 Å². The van der Waals surface area contributed by atoms with Gasteiger partial charge in [0.25, 0.3) is 5.91 Å². The number of carbonyl (C=O) groups excluding carboxylic acids is 1. The molecule has 0 saturated carbocycles. The van der Waals surface area contributed by atoms with Gasteiger partial charge in [0.1, 0.15) is 0 Å². The molecular weight excluding hydrogens is 264 g/mol. The summed E-state index contributed by atoms with van der Waals surface area (Å²) >= 11 is 0. The van der Waals surface area contributed by atoms with Gasteiger partial charge in [-0.25, -0.2) is 0 Å². The summed E-state index contributed by atoms with van der Waals surface area (Å²) in [6.45, 7) is 0.457. The van der Waals surface area contributed by atoms with Crippen LogP contribution < -0.4 is 5.32 Å². The molecule has 0 bridgehead atoms. The van der Waals surface area contributed by atoms with Crippen molar-refractivity contribution in [2.24, 2.45) is 0 Å². The first-order valence-electron chi connectivity index (χ1n) is 6.64. The molecule has 4 nitrogen and oxygen atoms in total. The molecule has 0 spiro atoms. The third-order valence-corrected chi connectivity index (χ3v) is 3.14. The van der Waals surface area contributed by atoms with E-state index in [1.165, 1.54) is 6.26 Å². The van der Waals surface area contributed by atoms with Crippen molar-refractivity contribution in [2.75, 3.05) is 0 Å². The van der Waals surface area contributed by atoms with Crippen LogP contribution in [0.25, 0.3) is 11.1 Å². The fourth-order valence-corrected chi connectivity index (χ4v) is 2.08. The molecule has 1 N–H and O–H groups in total. The van der Waals surface area contributed by atoms with Gasteiger partial charge in [0.15, 0.2) is 5.76 Å². The van der Waals surface area contributed by atoms with E-state index in [1.54, 1.807) is 24.5 Å². The van der Waals surface area contributed by atoms with E-state index in [4.69, 9.17) is 4.42 Å². The number of furan rings is 1. The maximum atomic E-state index is 11.8. The Labute approximate surface area is 122 Å². The minimum Gasteiger partial charge on any atom is -0.459 e. The zero-order valence-electron chi connectivity index (χ0n) is 11.3. The van der Waals surface area contributed by atoms with Crippen LogP contribution in [0.1, 0.15) is 16.1 Å². The molecule has 1 amide bonds. The summed E-state index contributed by atoms with van der Waals surface area (Å²) in [6.07, 6.45) is 5.01. The number of nitrogens with zero attached hydrogens (tertiary/aromatic N) is 1. The van der Waals surface area contributed by atoms with E-state index in [2.05, 4.69) is 16.4 Å². The Kier molecular flexibility index (Phi) is 3.78. The standard InChI is InChI=1S/C17H14N2O2/c20-17(16-5-2-10-21-16)19-12-13-3-1-4-15(11-13)14-6-8-18-9-7-14/h1-11H,12H2,(H,19,20). The van der Waals surface area contributed by atoms with E-state index in [0.717, 1.165) is 16.7 Å². The Balaban J connectivity index is 1.71. The first-order valence-corrected chi connectivity index (χ1v) is 6.64. The number of nitrogens with one attached hydrogen (secondary N) is 1. The van der Waals surface area contributed by atoms with Crippen molar-refractivity contribution >= 4 is 5.91 Å². The Morgan fingerprint density at radius 2 is 1.90 bits per heavy atom. The molecule has 0 radical (unpaired) electrons. The molecule has 21 heavy (non-hydrogen) atoms. The lowest BCUT2D eigenvalue weighted by molar-refractivity contribution is 0.0923. The average Bonchev–Trinajstić information content (AvgIpc) is 3.08. The number of carbonyl (C=O) groups is 1. The summed E-state index contributed by atoms with van der Waals surface area (Å²) in [5, 5.41) is 2.83. The van der Waals surface area contributed by atoms with Crippen LogP contribution >= 0.6 is 0 Å². The SMILES string of the molecule is O=C(NCc1cccc(-c2ccncc2)c1)c1ccco1. The monoisotopic (exact) mass is 278 g/mol. The second kappa shape index (κ2) is 6.05. The number of aromatic nitrogens is 1. The summed E-state index contributed by atoms with van der Waals surface area (Å²) in [5.41, 5.74) is 3.23. The molecule has 2 heterocycles. The van der Waals surface area contributed by atoms with Crippen molar-refractivity contribution < 1.29 is 9.21 Å². The van der Waals surface area contributed by atoms with Crippen LogP contribution in [0, 0.1) is 0 Å². The third-order valence-electron chi connectivity index (χ3n) is 3.14. The Bertz CT molecular complexity index is 722. The number of hydrogen-bond donors (Lipinski definition) is 1. The Hall–Kier alpha value is -2.88. The normalized spacial score (nSPS) is 10.3. The van der Waals surface area contributed by atoms with Crippen LogP contribution in [-0.2, 0) is 6.54 Å². The van der Waals surface area contributed by atoms with Gasteiger partial charge in [0.2, 0.25) is 0 Å². The van der Waals surface area contributed by atoms with E-state index >= 15 is 0 Å². The van der Waals surface area contributed by atoms with Crippen LogP contribution in [0.15, 0.2) is 71.6 Å². The van der Waals surface area contributed by atoms with Gasteiger partial charge in [0, 0.05) is 18.9 Å². The summed E-state index contributed by atoms with van der Waals surface area (Å²) in [6, 6.07) is 15.3. The van der Waals surface area contributed by atoms with Gasteiger partial charge in [-0.1, -0.05) is 18.2 Å². The highest BCUT2D eigenvalue weighted by Gasteiger charge is 2.07. The highest BCUT2D eigenvalue weighted by molar-refractivity contribution is 5.91. The average molecular weight is 278 g/mol. The smallest absolute Gasteiger partial charge is 0.287 e. The van der Waals surface area contributed by atoms with Gasteiger partial charge in [0.05, 0.1) is 6.26 Å². The van der Waals surface area contributed by atoms with E-state index in [-0.39, 0.29) is 5.91 Å². The predicted octanol–water partition coefficient (Wildman–Crippen LogP) is 3.27. The van der Waals surface area contributed by atoms with Crippen LogP contribution in [0.3, 0.4) is 0 Å². The van der Waals surface area contributed by atoms with Gasteiger partial charge in [-0.2, -0.15) is 0 Å². The second-order valence-corrected chi connectivity index (χ2v) is 4.60. The van der Waals surface area contributed by atoms with Crippen molar-refractivity contribution in [1.82, 2.24) is 10.3 Å². The van der Waals surface area contributed by atoms with Gasteiger partial charge < -0.3 is 9.73 Å². The zero-order valence-corrected chi connectivity index (χ0v) is 11.3. The molecule has 0 atom stereocenters. The molecule has 104 valence electrons. The fraction of sp³-hybridized carbons (Fsp3) is 0.0588.